The summed E-state index contributed by atoms with van der Waals surface area (Å²) in [5.41, 5.74) is 4.45. The van der Waals surface area contributed by atoms with E-state index < -0.39 is 0 Å². The Kier molecular flexibility index (Phi) is 5.12. The second-order valence-electron chi connectivity index (χ2n) is 5.85. The van der Waals surface area contributed by atoms with Gasteiger partial charge in [-0.2, -0.15) is 0 Å². The maximum Gasteiger partial charge on any atom is 0.218 e. The average molecular weight is 360 g/mol. The molecule has 2 aliphatic rings. The molecule has 2 N–H and O–H groups in total. The van der Waals surface area contributed by atoms with Gasteiger partial charge in [-0.3, -0.25) is 4.98 Å². The Morgan fingerprint density at radius 1 is 1.15 bits per heavy atom. The van der Waals surface area contributed by atoms with E-state index in [1.165, 1.54) is 11.1 Å². The summed E-state index contributed by atoms with van der Waals surface area (Å²) in [7, 11) is 0. The molecule has 4 rings (SSSR count). The van der Waals surface area contributed by atoms with Crippen molar-refractivity contribution in [2.45, 2.75) is 6.42 Å². The third-order valence-corrected chi connectivity index (χ3v) is 4.94. The lowest BCUT2D eigenvalue weighted by Gasteiger charge is -2.12. The van der Waals surface area contributed by atoms with E-state index in [1.54, 1.807) is 18.0 Å². The summed E-state index contributed by atoms with van der Waals surface area (Å²) in [5.74, 6) is 0.637. The second kappa shape index (κ2) is 8.01. The number of nitrogens with one attached hydrogen (secondary N) is 2. The summed E-state index contributed by atoms with van der Waals surface area (Å²) < 4.78 is 0. The van der Waals surface area contributed by atoms with E-state index in [9.17, 15) is 0 Å². The predicted octanol–water partition coefficient (Wildman–Crippen LogP) is 3.08. The maximum absolute atomic E-state index is 4.51. The molecule has 5 nitrogen and oxygen atoms in total. The summed E-state index contributed by atoms with van der Waals surface area (Å²) in [6, 6.07) is 14.3. The van der Waals surface area contributed by atoms with Crippen LogP contribution in [0.15, 0.2) is 80.9 Å². The molecule has 3 heterocycles. The highest BCUT2D eigenvalue weighted by Crippen LogP contribution is 2.31. The number of nitrogens with zero attached hydrogens (tertiary/aromatic N) is 3. The molecule has 26 heavy (non-hydrogen) atoms. The Balaban J connectivity index is 1.31. The maximum atomic E-state index is 4.51. The standard InChI is InChI=1S/C20H18N5S/c1-2-6-16(7-3-1)18-14-26-19(25-18)17-12-23-20(24-13-17)22-10-8-15-5-4-9-21-11-15/h1-7,9,11,14,25H,8,10,12H2,(H,22,23). The molecule has 0 atom stereocenters. The fraction of sp³-hybridized carbons (Fsp3) is 0.150. The van der Waals surface area contributed by atoms with Gasteiger partial charge in [-0.1, -0.05) is 48.2 Å². The summed E-state index contributed by atoms with van der Waals surface area (Å²) in [4.78, 5) is 13.0. The van der Waals surface area contributed by atoms with Crippen LogP contribution in [0.1, 0.15) is 11.1 Å². The van der Waals surface area contributed by atoms with Crippen molar-refractivity contribution in [3.63, 3.8) is 0 Å². The van der Waals surface area contributed by atoms with E-state index in [2.05, 4.69) is 55.4 Å². The van der Waals surface area contributed by atoms with Crippen LogP contribution in [0, 0.1) is 0 Å². The first-order valence-corrected chi connectivity index (χ1v) is 9.33. The normalized spacial score (nSPS) is 18.9. The van der Waals surface area contributed by atoms with Gasteiger partial charge >= 0.3 is 0 Å². The largest absolute Gasteiger partial charge is 0.354 e. The number of aliphatic imine (C=N–C) groups is 2. The number of thioether (sulfide) groups is 1. The molecule has 2 aromatic rings. The lowest BCUT2D eigenvalue weighted by atomic mass is 10.2. The molecule has 0 bridgehead atoms. The second-order valence-corrected chi connectivity index (χ2v) is 6.73. The Morgan fingerprint density at radius 3 is 2.85 bits per heavy atom. The van der Waals surface area contributed by atoms with Crippen molar-refractivity contribution in [3.05, 3.63) is 82.0 Å². The third kappa shape index (κ3) is 4.03. The summed E-state index contributed by atoms with van der Waals surface area (Å²) in [5, 5.41) is 9.85. The minimum Gasteiger partial charge on any atom is -0.354 e. The summed E-state index contributed by atoms with van der Waals surface area (Å²) in [6.45, 7) is 1.35. The van der Waals surface area contributed by atoms with Gasteiger partial charge in [-0.15, -0.1) is 0 Å². The topological polar surface area (TPSA) is 61.7 Å². The van der Waals surface area contributed by atoms with Crippen molar-refractivity contribution in [3.8, 4) is 0 Å². The van der Waals surface area contributed by atoms with Gasteiger partial charge in [0.05, 0.1) is 17.3 Å². The van der Waals surface area contributed by atoms with E-state index >= 15 is 0 Å². The van der Waals surface area contributed by atoms with Crippen LogP contribution < -0.4 is 10.6 Å². The van der Waals surface area contributed by atoms with Crippen molar-refractivity contribution < 1.29 is 0 Å². The molecule has 0 fully saturated rings. The highest BCUT2D eigenvalue weighted by atomic mass is 32.2. The molecule has 1 radical (unpaired) electrons. The zero-order chi connectivity index (χ0) is 17.6. The van der Waals surface area contributed by atoms with Crippen LogP contribution in [0.4, 0.5) is 0 Å². The fourth-order valence-corrected chi connectivity index (χ4v) is 3.48. The first-order chi connectivity index (χ1) is 12.9. The van der Waals surface area contributed by atoms with Crippen molar-refractivity contribution in [1.82, 2.24) is 15.6 Å². The van der Waals surface area contributed by atoms with Gasteiger partial charge < -0.3 is 10.6 Å². The van der Waals surface area contributed by atoms with Gasteiger partial charge in [0, 0.05) is 29.9 Å². The molecule has 0 amide bonds. The molecule has 1 aromatic heterocycles. The van der Waals surface area contributed by atoms with Gasteiger partial charge in [-0.25, -0.2) is 9.98 Å². The van der Waals surface area contributed by atoms with Crippen molar-refractivity contribution in [2.24, 2.45) is 9.98 Å². The number of aromatic nitrogens is 1. The Morgan fingerprint density at radius 2 is 2.08 bits per heavy atom. The van der Waals surface area contributed by atoms with Crippen LogP contribution in [0.5, 0.6) is 0 Å². The van der Waals surface area contributed by atoms with Crippen molar-refractivity contribution >= 4 is 29.6 Å². The zero-order valence-corrected chi connectivity index (χ0v) is 15.0. The van der Waals surface area contributed by atoms with Crippen LogP contribution in [-0.2, 0) is 6.42 Å². The number of pyridine rings is 1. The van der Waals surface area contributed by atoms with Crippen molar-refractivity contribution in [1.29, 1.82) is 0 Å². The molecule has 0 saturated carbocycles. The van der Waals surface area contributed by atoms with E-state index in [1.807, 2.05) is 30.5 Å². The van der Waals surface area contributed by atoms with Crippen LogP contribution in [-0.4, -0.2) is 30.2 Å². The molecule has 0 unspecified atom stereocenters. The van der Waals surface area contributed by atoms with E-state index in [-0.39, 0.29) is 0 Å². The van der Waals surface area contributed by atoms with Crippen LogP contribution >= 0.6 is 11.8 Å². The van der Waals surface area contributed by atoms with Gasteiger partial charge in [0.15, 0.2) is 0 Å². The Hall–Kier alpha value is -2.86. The average Bonchev–Trinajstić information content (AvgIpc) is 3.20. The van der Waals surface area contributed by atoms with Crippen molar-refractivity contribution in [2.75, 3.05) is 13.1 Å². The van der Waals surface area contributed by atoms with Gasteiger partial charge in [0.2, 0.25) is 5.96 Å². The van der Waals surface area contributed by atoms with Crippen LogP contribution in [0.2, 0.25) is 0 Å². The van der Waals surface area contributed by atoms with E-state index in [0.717, 1.165) is 29.3 Å². The molecule has 0 spiro atoms. The van der Waals surface area contributed by atoms with Gasteiger partial charge in [-0.05, 0) is 23.6 Å². The predicted molar refractivity (Wildman–Crippen MR) is 108 cm³/mol. The molecule has 6 heteroatoms. The lowest BCUT2D eigenvalue weighted by molar-refractivity contribution is 0.847. The SMILES string of the molecule is [C]1=NC(NCCc2cccnc2)=NCC1=C1NC(c2ccccc2)=CS1. The molecular weight excluding hydrogens is 342 g/mol. The molecule has 2 aliphatic heterocycles. The molecule has 0 saturated heterocycles. The first kappa shape index (κ1) is 16.6. The Bertz CT molecular complexity index is 885. The number of hydrogen-bond donors (Lipinski definition) is 2. The molecular formula is C20H18N5S. The number of guanidine groups is 1. The fourth-order valence-electron chi connectivity index (χ4n) is 2.63. The van der Waals surface area contributed by atoms with Crippen LogP contribution in [0.25, 0.3) is 5.70 Å². The van der Waals surface area contributed by atoms with E-state index in [0.29, 0.717) is 12.5 Å². The van der Waals surface area contributed by atoms with Crippen LogP contribution in [0.3, 0.4) is 0 Å². The number of rotatable bonds is 4. The first-order valence-electron chi connectivity index (χ1n) is 8.45. The molecule has 129 valence electrons. The minimum atomic E-state index is 0.573. The smallest absolute Gasteiger partial charge is 0.218 e. The van der Waals surface area contributed by atoms with Gasteiger partial charge in [0.25, 0.3) is 0 Å². The molecule has 0 aliphatic carbocycles. The molecule has 1 aromatic carbocycles. The zero-order valence-electron chi connectivity index (χ0n) is 14.1. The number of hydrogen-bond acceptors (Lipinski definition) is 6. The highest BCUT2D eigenvalue weighted by molar-refractivity contribution is 8.06. The quantitative estimate of drug-likeness (QED) is 0.880. The highest BCUT2D eigenvalue weighted by Gasteiger charge is 2.17. The number of benzene rings is 1. The minimum absolute atomic E-state index is 0.573. The third-order valence-electron chi connectivity index (χ3n) is 4.00. The lowest BCUT2D eigenvalue weighted by Crippen LogP contribution is -2.27. The van der Waals surface area contributed by atoms with E-state index in [4.69, 9.17) is 0 Å². The summed E-state index contributed by atoms with van der Waals surface area (Å²) >= 11 is 1.66. The summed E-state index contributed by atoms with van der Waals surface area (Å²) in [6.07, 6.45) is 7.66. The monoisotopic (exact) mass is 360 g/mol. The Labute approximate surface area is 157 Å². The van der Waals surface area contributed by atoms with Gasteiger partial charge in [0.1, 0.15) is 6.21 Å².